The highest BCUT2D eigenvalue weighted by Crippen LogP contribution is 2.36. The van der Waals surface area contributed by atoms with Crippen molar-refractivity contribution in [3.63, 3.8) is 0 Å². The lowest BCUT2D eigenvalue weighted by Crippen LogP contribution is -2.08. The van der Waals surface area contributed by atoms with E-state index in [1.807, 2.05) is 0 Å². The Morgan fingerprint density at radius 1 is 1.17 bits per heavy atom. The molecule has 0 heterocycles. The van der Waals surface area contributed by atoms with E-state index in [0.29, 0.717) is 0 Å². The summed E-state index contributed by atoms with van der Waals surface area (Å²) in [5.41, 5.74) is -1.26. The van der Waals surface area contributed by atoms with Crippen molar-refractivity contribution < 1.29 is 17.6 Å². The Morgan fingerprint density at radius 2 is 1.75 bits per heavy atom. The van der Waals surface area contributed by atoms with Gasteiger partial charge in [0.2, 0.25) is 0 Å². The van der Waals surface area contributed by atoms with Crippen molar-refractivity contribution in [2.24, 2.45) is 0 Å². The van der Waals surface area contributed by atoms with Gasteiger partial charge in [-0.1, -0.05) is 22.0 Å². The molecule has 0 fully saturated rings. The molecule has 1 aromatic carbocycles. The first-order valence-corrected chi connectivity index (χ1v) is 3.73. The van der Waals surface area contributed by atoms with Crippen molar-refractivity contribution in [3.05, 3.63) is 34.1 Å². The Labute approximate surface area is 74.3 Å². The van der Waals surface area contributed by atoms with Crippen LogP contribution < -0.4 is 0 Å². The van der Waals surface area contributed by atoms with E-state index in [1.54, 1.807) is 0 Å². The van der Waals surface area contributed by atoms with Crippen LogP contribution in [-0.4, -0.2) is 0 Å². The molecule has 0 spiro atoms. The monoisotopic (exact) mass is 242 g/mol. The molecule has 5 heteroatoms. The summed E-state index contributed by atoms with van der Waals surface area (Å²) < 4.78 is 48.4. The largest absolute Gasteiger partial charge is 0.420 e. The van der Waals surface area contributed by atoms with Crippen LogP contribution in [0.25, 0.3) is 0 Å². The molecular formula is C7H3BrF4. The van der Waals surface area contributed by atoms with Gasteiger partial charge in [0.05, 0.1) is 0 Å². The Bertz CT molecular complexity index is 272. The highest BCUT2D eigenvalue weighted by Gasteiger charge is 2.36. The van der Waals surface area contributed by atoms with Crippen molar-refractivity contribution in [2.45, 2.75) is 6.18 Å². The molecule has 0 bridgehead atoms. The van der Waals surface area contributed by atoms with Crippen LogP contribution in [-0.2, 0) is 6.18 Å². The maximum Gasteiger partial charge on any atom is 0.420 e. The first kappa shape index (κ1) is 9.51. The molecule has 0 radical (unpaired) electrons. The number of benzene rings is 1. The third-order valence-electron chi connectivity index (χ3n) is 1.25. The first-order valence-electron chi connectivity index (χ1n) is 2.94. The molecule has 0 aliphatic carbocycles. The summed E-state index contributed by atoms with van der Waals surface area (Å²) in [4.78, 5) is 0. The fraction of sp³-hybridized carbons (Fsp3) is 0.143. The summed E-state index contributed by atoms with van der Waals surface area (Å²) in [6.45, 7) is 0. The zero-order valence-electron chi connectivity index (χ0n) is 5.62. The number of alkyl halides is 3. The molecule has 1 rings (SSSR count). The summed E-state index contributed by atoms with van der Waals surface area (Å²) in [5, 5.41) is 0. The minimum atomic E-state index is -4.65. The van der Waals surface area contributed by atoms with E-state index in [1.165, 1.54) is 6.07 Å². The predicted molar refractivity (Wildman–Crippen MR) is 39.1 cm³/mol. The smallest absolute Gasteiger partial charge is 0.206 e. The lowest BCUT2D eigenvalue weighted by Gasteiger charge is -2.08. The minimum absolute atomic E-state index is 0.282. The van der Waals surface area contributed by atoms with E-state index >= 15 is 0 Å². The Balaban J connectivity index is 3.31. The second-order valence-electron chi connectivity index (χ2n) is 2.09. The molecular weight excluding hydrogens is 240 g/mol. The van der Waals surface area contributed by atoms with Gasteiger partial charge in [0, 0.05) is 4.47 Å². The Hall–Kier alpha value is -0.580. The van der Waals surface area contributed by atoms with Gasteiger partial charge in [-0.3, -0.25) is 0 Å². The first-order chi connectivity index (χ1) is 5.43. The molecule has 0 N–H and O–H groups in total. The van der Waals surface area contributed by atoms with Crippen molar-refractivity contribution in [3.8, 4) is 0 Å². The molecule has 0 nitrogen and oxygen atoms in total. The fourth-order valence-corrected chi connectivity index (χ4v) is 1.34. The van der Waals surface area contributed by atoms with Crippen LogP contribution in [0.1, 0.15) is 5.56 Å². The highest BCUT2D eigenvalue weighted by molar-refractivity contribution is 9.10. The van der Waals surface area contributed by atoms with Crippen LogP contribution in [0.2, 0.25) is 0 Å². The van der Waals surface area contributed by atoms with Crippen molar-refractivity contribution in [1.82, 2.24) is 0 Å². The van der Waals surface area contributed by atoms with Gasteiger partial charge in [-0.25, -0.2) is 4.39 Å². The third kappa shape index (κ3) is 1.77. The minimum Gasteiger partial charge on any atom is -0.206 e. The molecule has 0 aliphatic heterocycles. The second kappa shape index (κ2) is 3.05. The molecule has 0 saturated heterocycles. The van der Waals surface area contributed by atoms with Gasteiger partial charge in [0.25, 0.3) is 0 Å². The molecule has 0 saturated carbocycles. The SMILES string of the molecule is Fc1cccc(Br)c1C(F)(F)F. The van der Waals surface area contributed by atoms with Crippen molar-refractivity contribution in [1.29, 1.82) is 0 Å². The van der Waals surface area contributed by atoms with Crippen LogP contribution in [0.3, 0.4) is 0 Å². The van der Waals surface area contributed by atoms with Crippen molar-refractivity contribution in [2.75, 3.05) is 0 Å². The zero-order valence-corrected chi connectivity index (χ0v) is 7.21. The summed E-state index contributed by atoms with van der Waals surface area (Å²) in [6.07, 6.45) is -4.65. The van der Waals surface area contributed by atoms with E-state index in [4.69, 9.17) is 0 Å². The maximum absolute atomic E-state index is 12.6. The van der Waals surface area contributed by atoms with Crippen LogP contribution >= 0.6 is 15.9 Å². The lowest BCUT2D eigenvalue weighted by atomic mass is 10.2. The lowest BCUT2D eigenvalue weighted by molar-refractivity contribution is -0.140. The topological polar surface area (TPSA) is 0 Å². The van der Waals surface area contributed by atoms with Gasteiger partial charge in [-0.2, -0.15) is 13.2 Å². The summed E-state index contributed by atoms with van der Waals surface area (Å²) in [7, 11) is 0. The van der Waals surface area contributed by atoms with Gasteiger partial charge >= 0.3 is 6.18 Å². The standard InChI is InChI=1S/C7H3BrF4/c8-4-2-1-3-5(9)6(4)7(10,11)12/h1-3H. The average Bonchev–Trinajstić information content (AvgIpc) is 1.82. The van der Waals surface area contributed by atoms with Gasteiger partial charge in [-0.15, -0.1) is 0 Å². The quantitative estimate of drug-likeness (QED) is 0.610. The fourth-order valence-electron chi connectivity index (χ4n) is 0.769. The molecule has 0 aliphatic rings. The maximum atomic E-state index is 12.6. The van der Waals surface area contributed by atoms with E-state index < -0.39 is 17.6 Å². The third-order valence-corrected chi connectivity index (χ3v) is 1.91. The number of hydrogen-bond acceptors (Lipinski definition) is 0. The summed E-state index contributed by atoms with van der Waals surface area (Å²) >= 11 is 2.62. The Morgan fingerprint density at radius 3 is 2.08 bits per heavy atom. The molecule has 12 heavy (non-hydrogen) atoms. The van der Waals surface area contributed by atoms with Crippen molar-refractivity contribution >= 4 is 15.9 Å². The molecule has 0 aromatic heterocycles. The number of halogens is 5. The van der Waals surface area contributed by atoms with E-state index in [9.17, 15) is 17.6 Å². The van der Waals surface area contributed by atoms with Gasteiger partial charge in [0.15, 0.2) is 0 Å². The molecule has 1 aromatic rings. The summed E-state index contributed by atoms with van der Waals surface area (Å²) in [6, 6.07) is 3.12. The van der Waals surface area contributed by atoms with Crippen LogP contribution in [0, 0.1) is 5.82 Å². The second-order valence-corrected chi connectivity index (χ2v) is 2.95. The zero-order chi connectivity index (χ0) is 9.35. The van der Waals surface area contributed by atoms with Gasteiger partial charge in [0.1, 0.15) is 11.4 Å². The van der Waals surface area contributed by atoms with E-state index in [2.05, 4.69) is 15.9 Å². The molecule has 66 valence electrons. The summed E-state index contributed by atoms with van der Waals surface area (Å²) in [5.74, 6) is -1.27. The van der Waals surface area contributed by atoms with E-state index in [0.717, 1.165) is 12.1 Å². The van der Waals surface area contributed by atoms with E-state index in [-0.39, 0.29) is 4.47 Å². The van der Waals surface area contributed by atoms with Gasteiger partial charge < -0.3 is 0 Å². The average molecular weight is 243 g/mol. The molecule has 0 amide bonds. The molecule has 0 unspecified atom stereocenters. The van der Waals surface area contributed by atoms with Gasteiger partial charge in [-0.05, 0) is 12.1 Å². The normalized spacial score (nSPS) is 11.8. The van der Waals surface area contributed by atoms with Crippen LogP contribution in [0.4, 0.5) is 17.6 Å². The number of hydrogen-bond donors (Lipinski definition) is 0. The Kier molecular flexibility index (Phi) is 2.41. The van der Waals surface area contributed by atoms with Crippen LogP contribution in [0.15, 0.2) is 22.7 Å². The predicted octanol–water partition coefficient (Wildman–Crippen LogP) is 3.61. The van der Waals surface area contributed by atoms with Crippen LogP contribution in [0.5, 0.6) is 0 Å². The molecule has 0 atom stereocenters. The highest BCUT2D eigenvalue weighted by atomic mass is 79.9. The number of rotatable bonds is 0.